The minimum absolute atomic E-state index is 0.248. The molecule has 0 bridgehead atoms. The fourth-order valence-electron chi connectivity index (χ4n) is 2.99. The Hall–Kier alpha value is -3.65. The summed E-state index contributed by atoms with van der Waals surface area (Å²) < 4.78 is 0. The Kier molecular flexibility index (Phi) is 5.65. The summed E-state index contributed by atoms with van der Waals surface area (Å²) in [4.78, 5) is 39.6. The number of carboxylic acids is 3. The molecule has 0 fully saturated rings. The van der Waals surface area contributed by atoms with Crippen molar-refractivity contribution in [1.82, 2.24) is 4.98 Å². The van der Waals surface area contributed by atoms with Crippen LogP contribution in [-0.4, -0.2) is 44.3 Å². The Balaban J connectivity index is 2.11. The molecule has 0 amide bonds. The van der Waals surface area contributed by atoms with E-state index in [1.165, 1.54) is 24.3 Å². The molecule has 9 heteroatoms. The van der Waals surface area contributed by atoms with Crippen molar-refractivity contribution in [3.05, 3.63) is 70.7 Å². The van der Waals surface area contributed by atoms with Crippen molar-refractivity contribution in [2.75, 3.05) is 5.32 Å². The Morgan fingerprint density at radius 2 is 1.62 bits per heavy atom. The van der Waals surface area contributed by atoms with Crippen LogP contribution in [0.1, 0.15) is 21.8 Å². The molecule has 0 saturated carbocycles. The van der Waals surface area contributed by atoms with Gasteiger partial charge in [-0.2, -0.15) is 0 Å². The van der Waals surface area contributed by atoms with E-state index < -0.39 is 29.9 Å². The molecule has 148 valence electrons. The standard InChI is InChI=1S/C20H15ClN2O6/c21-12-6-7-14-11(8-12)9-13(18(24)25)17(22-14)23-16(20(28)29)15(19(26)27)10-4-2-1-3-5-10/h1-9,15-16H,(H,22,23)(H,24,25)(H,26,27)(H,28,29). The zero-order valence-corrected chi connectivity index (χ0v) is 15.5. The molecule has 4 N–H and O–H groups in total. The second-order valence-corrected chi connectivity index (χ2v) is 6.65. The average molecular weight is 415 g/mol. The van der Waals surface area contributed by atoms with E-state index >= 15 is 0 Å². The Bertz CT molecular complexity index is 1100. The lowest BCUT2D eigenvalue weighted by atomic mass is 9.91. The number of halogens is 1. The minimum atomic E-state index is -1.66. The van der Waals surface area contributed by atoms with E-state index in [4.69, 9.17) is 11.6 Å². The van der Waals surface area contributed by atoms with Gasteiger partial charge in [-0.25, -0.2) is 14.6 Å². The van der Waals surface area contributed by atoms with Crippen LogP contribution in [0.2, 0.25) is 5.02 Å². The first-order chi connectivity index (χ1) is 13.8. The lowest BCUT2D eigenvalue weighted by molar-refractivity contribution is -0.146. The van der Waals surface area contributed by atoms with E-state index in [0.29, 0.717) is 15.9 Å². The van der Waals surface area contributed by atoms with E-state index in [2.05, 4.69) is 10.3 Å². The van der Waals surface area contributed by atoms with Crippen LogP contribution < -0.4 is 5.32 Å². The lowest BCUT2D eigenvalue weighted by Crippen LogP contribution is -2.40. The molecule has 1 aromatic heterocycles. The molecule has 2 aromatic carbocycles. The van der Waals surface area contributed by atoms with Crippen LogP contribution in [0.4, 0.5) is 5.82 Å². The van der Waals surface area contributed by atoms with Crippen LogP contribution in [0.5, 0.6) is 0 Å². The third-order valence-electron chi connectivity index (χ3n) is 4.32. The number of carbonyl (C=O) groups is 3. The number of hydrogen-bond acceptors (Lipinski definition) is 5. The molecule has 2 unspecified atom stereocenters. The second-order valence-electron chi connectivity index (χ2n) is 6.21. The van der Waals surface area contributed by atoms with Gasteiger partial charge in [0.25, 0.3) is 0 Å². The number of fused-ring (bicyclic) bond motifs is 1. The molecule has 0 spiro atoms. The van der Waals surface area contributed by atoms with E-state index in [0.717, 1.165) is 0 Å². The largest absolute Gasteiger partial charge is 0.481 e. The van der Waals surface area contributed by atoms with Gasteiger partial charge in [0.2, 0.25) is 0 Å². The number of pyridine rings is 1. The summed E-state index contributed by atoms with van der Waals surface area (Å²) in [7, 11) is 0. The molecule has 0 aliphatic rings. The average Bonchev–Trinajstić information content (AvgIpc) is 2.67. The summed E-state index contributed by atoms with van der Waals surface area (Å²) in [6.45, 7) is 0. The van der Waals surface area contributed by atoms with Gasteiger partial charge in [-0.05, 0) is 29.8 Å². The number of hydrogen-bond donors (Lipinski definition) is 4. The second kappa shape index (κ2) is 8.15. The number of aliphatic carboxylic acids is 2. The number of carboxylic acid groups (broad SMARTS) is 3. The zero-order chi connectivity index (χ0) is 21.1. The van der Waals surface area contributed by atoms with E-state index in [1.807, 2.05) is 0 Å². The van der Waals surface area contributed by atoms with Crippen molar-refractivity contribution in [3.63, 3.8) is 0 Å². The monoisotopic (exact) mass is 414 g/mol. The van der Waals surface area contributed by atoms with Crippen LogP contribution in [0.3, 0.4) is 0 Å². The first-order valence-corrected chi connectivity index (χ1v) is 8.76. The van der Waals surface area contributed by atoms with Crippen molar-refractivity contribution in [3.8, 4) is 0 Å². The van der Waals surface area contributed by atoms with E-state index in [9.17, 15) is 29.7 Å². The molecule has 1 heterocycles. The Morgan fingerprint density at radius 3 is 2.21 bits per heavy atom. The maximum Gasteiger partial charge on any atom is 0.339 e. The van der Waals surface area contributed by atoms with Gasteiger partial charge in [0.15, 0.2) is 0 Å². The highest BCUT2D eigenvalue weighted by molar-refractivity contribution is 6.31. The normalized spacial score (nSPS) is 12.9. The summed E-state index contributed by atoms with van der Waals surface area (Å²) >= 11 is 5.93. The van der Waals surface area contributed by atoms with Crippen molar-refractivity contribution in [2.24, 2.45) is 0 Å². The maximum atomic E-state index is 11.9. The van der Waals surface area contributed by atoms with Gasteiger partial charge in [-0.1, -0.05) is 41.9 Å². The van der Waals surface area contributed by atoms with Gasteiger partial charge >= 0.3 is 17.9 Å². The lowest BCUT2D eigenvalue weighted by Gasteiger charge is -2.23. The number of benzene rings is 2. The quantitative estimate of drug-likeness (QED) is 0.462. The number of nitrogens with zero attached hydrogens (tertiary/aromatic N) is 1. The fraction of sp³-hybridized carbons (Fsp3) is 0.100. The molecular weight excluding hydrogens is 400 g/mol. The highest BCUT2D eigenvalue weighted by Gasteiger charge is 2.36. The molecule has 3 rings (SSSR count). The van der Waals surface area contributed by atoms with Crippen LogP contribution in [0.25, 0.3) is 10.9 Å². The highest BCUT2D eigenvalue weighted by Crippen LogP contribution is 2.28. The highest BCUT2D eigenvalue weighted by atomic mass is 35.5. The number of anilines is 1. The molecule has 29 heavy (non-hydrogen) atoms. The first kappa shape index (κ1) is 20.1. The van der Waals surface area contributed by atoms with Crippen molar-refractivity contribution < 1.29 is 29.7 Å². The SMILES string of the molecule is O=C(O)c1cc2cc(Cl)ccc2nc1NC(C(=O)O)C(C(=O)O)c1ccccc1. The smallest absolute Gasteiger partial charge is 0.339 e. The molecule has 0 aliphatic carbocycles. The topological polar surface area (TPSA) is 137 Å². The predicted molar refractivity (Wildman–Crippen MR) is 106 cm³/mol. The first-order valence-electron chi connectivity index (χ1n) is 8.38. The van der Waals surface area contributed by atoms with Crippen molar-refractivity contribution in [1.29, 1.82) is 0 Å². The van der Waals surface area contributed by atoms with Crippen LogP contribution >= 0.6 is 11.6 Å². The van der Waals surface area contributed by atoms with Gasteiger partial charge < -0.3 is 20.6 Å². The van der Waals surface area contributed by atoms with Crippen LogP contribution in [-0.2, 0) is 9.59 Å². The summed E-state index contributed by atoms with van der Waals surface area (Å²) in [5.41, 5.74) is 0.324. The molecule has 0 aliphatic heterocycles. The van der Waals surface area contributed by atoms with Gasteiger partial charge in [-0.15, -0.1) is 0 Å². The number of nitrogens with one attached hydrogen (secondary N) is 1. The van der Waals surface area contributed by atoms with E-state index in [1.54, 1.807) is 30.3 Å². The Morgan fingerprint density at radius 1 is 0.931 bits per heavy atom. The minimum Gasteiger partial charge on any atom is -0.481 e. The molecule has 0 saturated heterocycles. The molecule has 3 aromatic rings. The maximum absolute atomic E-state index is 11.9. The predicted octanol–water partition coefficient (Wildman–Crippen LogP) is 3.32. The molecule has 0 radical (unpaired) electrons. The van der Waals surface area contributed by atoms with Crippen molar-refractivity contribution in [2.45, 2.75) is 12.0 Å². The third-order valence-corrected chi connectivity index (χ3v) is 4.56. The Labute approximate surface area is 169 Å². The number of rotatable bonds is 7. The van der Waals surface area contributed by atoms with Crippen LogP contribution in [0, 0.1) is 0 Å². The number of aromatic carboxylic acids is 1. The summed E-state index contributed by atoms with van der Waals surface area (Å²) in [6.07, 6.45) is 0. The van der Waals surface area contributed by atoms with Gasteiger partial charge in [0, 0.05) is 10.4 Å². The third kappa shape index (κ3) is 4.27. The van der Waals surface area contributed by atoms with Gasteiger partial charge in [0.1, 0.15) is 23.3 Å². The van der Waals surface area contributed by atoms with Crippen molar-refractivity contribution >= 4 is 46.2 Å². The van der Waals surface area contributed by atoms with E-state index in [-0.39, 0.29) is 16.9 Å². The van der Waals surface area contributed by atoms with Gasteiger partial charge in [-0.3, -0.25) is 4.79 Å². The molecular formula is C20H15ClN2O6. The van der Waals surface area contributed by atoms with Gasteiger partial charge in [0.05, 0.1) is 5.52 Å². The summed E-state index contributed by atoms with van der Waals surface area (Å²) in [5, 5.41) is 32.2. The summed E-state index contributed by atoms with van der Waals surface area (Å²) in [6, 6.07) is 12.1. The number of aromatic nitrogens is 1. The zero-order valence-electron chi connectivity index (χ0n) is 14.7. The fourth-order valence-corrected chi connectivity index (χ4v) is 3.17. The molecule has 8 nitrogen and oxygen atoms in total. The van der Waals surface area contributed by atoms with Crippen LogP contribution in [0.15, 0.2) is 54.6 Å². The molecule has 2 atom stereocenters. The summed E-state index contributed by atoms with van der Waals surface area (Å²) in [5.74, 6) is -5.91.